The first-order chi connectivity index (χ1) is 13.6. The van der Waals surface area contributed by atoms with E-state index in [0.717, 1.165) is 50.4 Å². The Morgan fingerprint density at radius 3 is 2.61 bits per heavy atom. The fourth-order valence-electron chi connectivity index (χ4n) is 3.17. The van der Waals surface area contributed by atoms with E-state index in [4.69, 9.17) is 9.72 Å². The highest BCUT2D eigenvalue weighted by atomic mass is 32.1. The van der Waals surface area contributed by atoms with Gasteiger partial charge in [-0.15, -0.1) is 0 Å². The smallest absolute Gasteiger partial charge is 0.189 e. The van der Waals surface area contributed by atoms with Crippen LogP contribution in [0.3, 0.4) is 0 Å². The molecule has 4 rings (SSSR count). The molecule has 2 aromatic heterocycles. The van der Waals surface area contributed by atoms with Crippen LogP contribution >= 0.6 is 11.3 Å². The van der Waals surface area contributed by atoms with Crippen molar-refractivity contribution in [2.24, 2.45) is 0 Å². The quantitative estimate of drug-likeness (QED) is 0.475. The minimum atomic E-state index is 0.651. The highest BCUT2D eigenvalue weighted by Crippen LogP contribution is 2.32. The molecule has 0 unspecified atom stereocenters. The maximum atomic E-state index is 5.60. The first-order valence-corrected chi connectivity index (χ1v) is 10.1. The van der Waals surface area contributed by atoms with Crippen LogP contribution in [0.15, 0.2) is 48.5 Å². The Morgan fingerprint density at radius 1 is 1.00 bits per heavy atom. The molecule has 0 aliphatic carbocycles. The van der Waals surface area contributed by atoms with Crippen molar-refractivity contribution in [2.45, 2.75) is 27.2 Å². The molecule has 0 radical (unpaired) electrons. The monoisotopic (exact) mass is 390 g/mol. The number of rotatable bonds is 6. The predicted molar refractivity (Wildman–Crippen MR) is 115 cm³/mol. The molecule has 0 spiro atoms. The van der Waals surface area contributed by atoms with Gasteiger partial charge in [0.15, 0.2) is 5.13 Å². The summed E-state index contributed by atoms with van der Waals surface area (Å²) in [6.07, 6.45) is 0.772. The van der Waals surface area contributed by atoms with Crippen LogP contribution in [0.25, 0.3) is 10.2 Å². The van der Waals surface area contributed by atoms with E-state index in [1.54, 1.807) is 11.3 Å². The number of anilines is 2. The standard InChI is InChI=1S/C22H22N4OS/c1-4-27-17-10-11-19-20(13-17)28-22(25-19)26-21-18(14(2)23-15(3)24-21)12-16-8-6-5-7-9-16/h5-11,13H,4,12H2,1-3H3,(H,23,24,25,26). The minimum absolute atomic E-state index is 0.651. The topological polar surface area (TPSA) is 59.9 Å². The Hall–Kier alpha value is -2.99. The van der Waals surface area contributed by atoms with Crippen LogP contribution in [0.4, 0.5) is 10.9 Å². The van der Waals surface area contributed by atoms with E-state index < -0.39 is 0 Å². The third-order valence-corrected chi connectivity index (χ3v) is 5.38. The molecule has 28 heavy (non-hydrogen) atoms. The van der Waals surface area contributed by atoms with Crippen molar-refractivity contribution in [3.63, 3.8) is 0 Å². The van der Waals surface area contributed by atoms with Gasteiger partial charge in [-0.2, -0.15) is 0 Å². The molecule has 142 valence electrons. The van der Waals surface area contributed by atoms with Gasteiger partial charge < -0.3 is 10.1 Å². The number of ether oxygens (including phenoxy) is 1. The second-order valence-corrected chi connectivity index (χ2v) is 7.58. The molecule has 0 aliphatic rings. The van der Waals surface area contributed by atoms with Crippen molar-refractivity contribution in [3.8, 4) is 5.75 Å². The number of nitrogens with zero attached hydrogens (tertiary/aromatic N) is 3. The van der Waals surface area contributed by atoms with E-state index >= 15 is 0 Å². The molecule has 0 saturated carbocycles. The average molecular weight is 391 g/mol. The molecule has 2 heterocycles. The second-order valence-electron chi connectivity index (χ2n) is 6.55. The van der Waals surface area contributed by atoms with E-state index in [1.165, 1.54) is 5.56 Å². The fourth-order valence-corrected chi connectivity index (χ4v) is 4.06. The zero-order valence-electron chi connectivity index (χ0n) is 16.2. The molecule has 0 atom stereocenters. The summed E-state index contributed by atoms with van der Waals surface area (Å²) in [7, 11) is 0. The molecule has 0 aliphatic heterocycles. The zero-order chi connectivity index (χ0) is 19.5. The number of thiazole rings is 1. The number of fused-ring (bicyclic) bond motifs is 1. The Kier molecular flexibility index (Phi) is 5.21. The van der Waals surface area contributed by atoms with E-state index in [9.17, 15) is 0 Å². The van der Waals surface area contributed by atoms with Gasteiger partial charge in [0, 0.05) is 17.7 Å². The number of nitrogens with one attached hydrogen (secondary N) is 1. The van der Waals surface area contributed by atoms with Gasteiger partial charge in [0.25, 0.3) is 0 Å². The van der Waals surface area contributed by atoms with E-state index in [0.29, 0.717) is 6.61 Å². The summed E-state index contributed by atoms with van der Waals surface area (Å²) >= 11 is 1.60. The van der Waals surface area contributed by atoms with Crippen molar-refractivity contribution in [3.05, 3.63) is 71.2 Å². The fraction of sp³-hybridized carbons (Fsp3) is 0.227. The molecular formula is C22H22N4OS. The number of hydrogen-bond acceptors (Lipinski definition) is 6. The maximum absolute atomic E-state index is 5.60. The number of aromatic nitrogens is 3. The van der Waals surface area contributed by atoms with Crippen LogP contribution in [0.1, 0.15) is 29.6 Å². The Labute approximate surface area is 168 Å². The summed E-state index contributed by atoms with van der Waals surface area (Å²) in [4.78, 5) is 13.9. The normalized spacial score (nSPS) is 11.0. The Balaban J connectivity index is 1.68. The van der Waals surface area contributed by atoms with Crippen molar-refractivity contribution >= 4 is 32.5 Å². The van der Waals surface area contributed by atoms with Crippen molar-refractivity contribution in [1.82, 2.24) is 15.0 Å². The van der Waals surface area contributed by atoms with Crippen LogP contribution in [0.5, 0.6) is 5.75 Å². The highest BCUT2D eigenvalue weighted by molar-refractivity contribution is 7.22. The van der Waals surface area contributed by atoms with Crippen LogP contribution in [-0.2, 0) is 6.42 Å². The van der Waals surface area contributed by atoms with E-state index in [1.807, 2.05) is 45.0 Å². The summed E-state index contributed by atoms with van der Waals surface area (Å²) < 4.78 is 6.68. The van der Waals surface area contributed by atoms with Crippen LogP contribution in [0.2, 0.25) is 0 Å². The first-order valence-electron chi connectivity index (χ1n) is 9.31. The van der Waals surface area contributed by atoms with Gasteiger partial charge in [-0.25, -0.2) is 15.0 Å². The molecule has 0 fully saturated rings. The van der Waals surface area contributed by atoms with Crippen molar-refractivity contribution < 1.29 is 4.74 Å². The average Bonchev–Trinajstić information content (AvgIpc) is 3.07. The summed E-state index contributed by atoms with van der Waals surface area (Å²) in [6, 6.07) is 16.3. The molecule has 0 saturated heterocycles. The molecule has 1 N–H and O–H groups in total. The van der Waals surface area contributed by atoms with Crippen LogP contribution < -0.4 is 10.1 Å². The van der Waals surface area contributed by atoms with E-state index in [-0.39, 0.29) is 0 Å². The molecule has 6 heteroatoms. The van der Waals surface area contributed by atoms with Crippen molar-refractivity contribution in [2.75, 3.05) is 11.9 Å². The molecular weight excluding hydrogens is 368 g/mol. The van der Waals surface area contributed by atoms with Gasteiger partial charge in [-0.1, -0.05) is 41.7 Å². The lowest BCUT2D eigenvalue weighted by atomic mass is 10.0. The maximum Gasteiger partial charge on any atom is 0.189 e. The highest BCUT2D eigenvalue weighted by Gasteiger charge is 2.14. The first kappa shape index (κ1) is 18.4. The largest absolute Gasteiger partial charge is 0.494 e. The molecule has 5 nitrogen and oxygen atoms in total. The summed E-state index contributed by atoms with van der Waals surface area (Å²) in [5.74, 6) is 2.43. The lowest BCUT2D eigenvalue weighted by Crippen LogP contribution is -2.06. The lowest BCUT2D eigenvalue weighted by molar-refractivity contribution is 0.341. The zero-order valence-corrected chi connectivity index (χ0v) is 17.0. The van der Waals surface area contributed by atoms with Gasteiger partial charge in [0.2, 0.25) is 0 Å². The van der Waals surface area contributed by atoms with Gasteiger partial charge >= 0.3 is 0 Å². The second kappa shape index (κ2) is 7.94. The van der Waals surface area contributed by atoms with Gasteiger partial charge in [-0.3, -0.25) is 0 Å². The molecule has 0 amide bonds. The molecule has 2 aromatic carbocycles. The number of hydrogen-bond donors (Lipinski definition) is 1. The van der Waals surface area contributed by atoms with Gasteiger partial charge in [0.1, 0.15) is 17.4 Å². The summed E-state index contributed by atoms with van der Waals surface area (Å²) in [5, 5.41) is 4.25. The Bertz CT molecular complexity index is 1110. The lowest BCUT2D eigenvalue weighted by Gasteiger charge is -2.13. The summed E-state index contributed by atoms with van der Waals surface area (Å²) in [5.41, 5.74) is 4.25. The summed E-state index contributed by atoms with van der Waals surface area (Å²) in [6.45, 7) is 6.58. The van der Waals surface area contributed by atoms with Crippen LogP contribution in [-0.4, -0.2) is 21.6 Å². The predicted octanol–water partition coefficient (Wildman–Crippen LogP) is 5.44. The van der Waals surface area contributed by atoms with Crippen LogP contribution in [0, 0.1) is 13.8 Å². The number of benzene rings is 2. The van der Waals surface area contributed by atoms with Gasteiger partial charge in [0.05, 0.1) is 16.8 Å². The van der Waals surface area contributed by atoms with Gasteiger partial charge in [-0.05, 0) is 44.5 Å². The third kappa shape index (κ3) is 3.97. The number of aryl methyl sites for hydroxylation is 2. The third-order valence-electron chi connectivity index (χ3n) is 4.45. The Morgan fingerprint density at radius 2 is 1.82 bits per heavy atom. The van der Waals surface area contributed by atoms with Crippen molar-refractivity contribution in [1.29, 1.82) is 0 Å². The molecule has 4 aromatic rings. The minimum Gasteiger partial charge on any atom is -0.494 e. The van der Waals surface area contributed by atoms with E-state index in [2.05, 4.69) is 39.6 Å². The molecule has 0 bridgehead atoms. The SMILES string of the molecule is CCOc1ccc2nc(Nc3nc(C)nc(C)c3Cc3ccccc3)sc2c1.